The van der Waals surface area contributed by atoms with Crippen LogP contribution in [-0.4, -0.2) is 26.4 Å². The van der Waals surface area contributed by atoms with E-state index in [0.717, 1.165) is 12.4 Å². The minimum atomic E-state index is -0.901. The van der Waals surface area contributed by atoms with Gasteiger partial charge in [-0.2, -0.15) is 4.58 Å². The molecule has 1 N–H and O–H groups in total. The third-order valence-electron chi connectivity index (χ3n) is 3.87. The zero-order valence-corrected chi connectivity index (χ0v) is 11.2. The van der Waals surface area contributed by atoms with Gasteiger partial charge in [-0.15, -0.1) is 0 Å². The van der Waals surface area contributed by atoms with Crippen LogP contribution in [0.5, 0.6) is 0 Å². The quantitative estimate of drug-likeness (QED) is 0.732. The van der Waals surface area contributed by atoms with Crippen LogP contribution < -0.4 is 0 Å². The van der Waals surface area contributed by atoms with Gasteiger partial charge in [-0.3, -0.25) is 4.57 Å². The molecule has 0 saturated heterocycles. The average Bonchev–Trinajstić information content (AvgIpc) is 2.92. The van der Waals surface area contributed by atoms with E-state index in [1.807, 2.05) is 12.1 Å². The topological polar surface area (TPSA) is 45.2 Å². The number of rotatable bonds is 2. The summed E-state index contributed by atoms with van der Waals surface area (Å²) < 4.78 is 4.32. The van der Waals surface area contributed by atoms with Gasteiger partial charge < -0.3 is 5.11 Å². The molecule has 0 atom stereocenters. The lowest BCUT2D eigenvalue weighted by Crippen LogP contribution is -2.18. The summed E-state index contributed by atoms with van der Waals surface area (Å²) in [4.78, 5) is 10.9. The minimum Gasteiger partial charge on any atom is -0.478 e. The van der Waals surface area contributed by atoms with E-state index in [4.69, 9.17) is 5.11 Å². The van der Waals surface area contributed by atoms with Gasteiger partial charge in [0.05, 0.1) is 16.6 Å². The van der Waals surface area contributed by atoms with E-state index in [9.17, 15) is 4.79 Å². The minimum absolute atomic E-state index is 0.305. The Kier molecular flexibility index (Phi) is 2.44. The smallest absolute Gasteiger partial charge is 0.335 e. The molecule has 0 fully saturated rings. The van der Waals surface area contributed by atoms with Crippen LogP contribution in [0.15, 0.2) is 54.7 Å². The molecule has 1 aromatic heterocycles. The summed E-state index contributed by atoms with van der Waals surface area (Å²) in [5.41, 5.74) is 3.71. The number of para-hydroxylation sites is 1. The van der Waals surface area contributed by atoms with Crippen LogP contribution >= 0.6 is 0 Å². The van der Waals surface area contributed by atoms with Crippen molar-refractivity contribution in [2.45, 2.75) is 6.67 Å². The van der Waals surface area contributed by atoms with E-state index in [1.165, 1.54) is 16.5 Å². The second kappa shape index (κ2) is 4.31. The molecule has 3 aromatic rings. The number of carbonyl (C=O) groups is 1. The van der Waals surface area contributed by atoms with Crippen molar-refractivity contribution in [1.29, 1.82) is 0 Å². The van der Waals surface area contributed by atoms with Crippen molar-refractivity contribution < 1.29 is 14.5 Å². The molecule has 1 aliphatic heterocycles. The summed E-state index contributed by atoms with van der Waals surface area (Å²) in [5, 5.41) is 10.2. The molecule has 2 aromatic carbocycles. The molecule has 2 heterocycles. The van der Waals surface area contributed by atoms with Gasteiger partial charge >= 0.3 is 5.97 Å². The summed E-state index contributed by atoms with van der Waals surface area (Å²) in [6, 6.07) is 15.3. The Balaban J connectivity index is 1.80. The molecule has 0 aliphatic carbocycles. The van der Waals surface area contributed by atoms with Crippen molar-refractivity contribution in [1.82, 2.24) is 4.57 Å². The summed E-state index contributed by atoms with van der Waals surface area (Å²) in [6.45, 7) is 0.729. The Bertz CT molecular complexity index is 889. The second-order valence-electron chi connectivity index (χ2n) is 5.16. The molecule has 0 radical (unpaired) electrons. The first-order valence-corrected chi connectivity index (χ1v) is 6.75. The number of carboxylic acid groups (broad SMARTS) is 1. The summed E-state index contributed by atoms with van der Waals surface area (Å²) in [7, 11) is 0. The predicted octanol–water partition coefficient (Wildman–Crippen LogP) is 3.07. The van der Waals surface area contributed by atoms with Crippen LogP contribution in [0.1, 0.15) is 15.9 Å². The molecule has 102 valence electrons. The van der Waals surface area contributed by atoms with Crippen molar-refractivity contribution in [3.05, 3.63) is 65.9 Å². The Hall–Kier alpha value is -2.88. The highest BCUT2D eigenvalue weighted by Gasteiger charge is 2.19. The lowest BCUT2D eigenvalue weighted by atomic mass is 10.1. The fourth-order valence-corrected chi connectivity index (χ4v) is 2.84. The molecular weight excluding hydrogens is 264 g/mol. The van der Waals surface area contributed by atoms with Crippen molar-refractivity contribution in [2.24, 2.45) is 0 Å². The molecular formula is C17H13N2O2+. The summed E-state index contributed by atoms with van der Waals surface area (Å²) in [5.74, 6) is -0.901. The van der Waals surface area contributed by atoms with Crippen molar-refractivity contribution in [2.75, 3.05) is 0 Å². The van der Waals surface area contributed by atoms with E-state index >= 15 is 0 Å². The summed E-state index contributed by atoms with van der Waals surface area (Å²) >= 11 is 0. The van der Waals surface area contributed by atoms with Crippen LogP contribution in [-0.2, 0) is 6.67 Å². The molecule has 21 heavy (non-hydrogen) atoms. The van der Waals surface area contributed by atoms with Crippen molar-refractivity contribution in [3.63, 3.8) is 0 Å². The van der Waals surface area contributed by atoms with E-state index in [1.54, 1.807) is 12.1 Å². The molecule has 4 heteroatoms. The average molecular weight is 277 g/mol. The van der Waals surface area contributed by atoms with Gasteiger partial charge in [-0.25, -0.2) is 4.79 Å². The first-order valence-electron chi connectivity index (χ1n) is 6.75. The highest BCUT2D eigenvalue weighted by Crippen LogP contribution is 2.24. The third-order valence-corrected chi connectivity index (χ3v) is 3.87. The molecule has 0 spiro atoms. The van der Waals surface area contributed by atoms with Crippen LogP contribution in [0.3, 0.4) is 0 Å². The van der Waals surface area contributed by atoms with Gasteiger partial charge in [-0.05, 0) is 24.3 Å². The van der Waals surface area contributed by atoms with Crippen molar-refractivity contribution >= 4 is 28.8 Å². The van der Waals surface area contributed by atoms with Gasteiger partial charge in [0, 0.05) is 23.7 Å². The lowest BCUT2D eigenvalue weighted by Gasteiger charge is -2.12. The number of benzene rings is 2. The monoisotopic (exact) mass is 277 g/mol. The standard InChI is InChI=1S/C17H12N2O2/c20-17(21)13-4-6-15(7-5-13)19-10-14-3-1-2-12-8-9-18(11-19)16(12)14/h1-10H,11H2/p+1. The molecule has 1 aliphatic rings. The van der Waals surface area contributed by atoms with Crippen LogP contribution in [0.25, 0.3) is 10.9 Å². The SMILES string of the molecule is O=C(O)c1ccc([N+]2=Cc3cccc4ccn(c34)C2)cc1. The largest absolute Gasteiger partial charge is 0.478 e. The van der Waals surface area contributed by atoms with E-state index in [-0.39, 0.29) is 0 Å². The Morgan fingerprint density at radius 3 is 2.67 bits per heavy atom. The van der Waals surface area contributed by atoms with Crippen LogP contribution in [0, 0.1) is 0 Å². The zero-order chi connectivity index (χ0) is 14.4. The van der Waals surface area contributed by atoms with Gasteiger partial charge in [-0.1, -0.05) is 12.1 Å². The maximum absolute atomic E-state index is 10.9. The van der Waals surface area contributed by atoms with Gasteiger partial charge in [0.15, 0.2) is 6.21 Å². The fraction of sp³-hybridized carbons (Fsp3) is 0.0588. The number of nitrogens with zero attached hydrogens (tertiary/aromatic N) is 2. The fourth-order valence-electron chi connectivity index (χ4n) is 2.84. The normalized spacial score (nSPS) is 13.2. The van der Waals surface area contributed by atoms with Crippen LogP contribution in [0.2, 0.25) is 0 Å². The lowest BCUT2D eigenvalue weighted by molar-refractivity contribution is -0.471. The molecule has 0 unspecified atom stereocenters. The number of aromatic carboxylic acids is 1. The third kappa shape index (κ3) is 1.84. The second-order valence-corrected chi connectivity index (χ2v) is 5.16. The maximum atomic E-state index is 10.9. The van der Waals surface area contributed by atoms with E-state index in [2.05, 4.69) is 45.8 Å². The highest BCUT2D eigenvalue weighted by molar-refractivity contribution is 5.97. The Morgan fingerprint density at radius 1 is 1.10 bits per heavy atom. The first kappa shape index (κ1) is 11.9. The Morgan fingerprint density at radius 2 is 1.90 bits per heavy atom. The van der Waals surface area contributed by atoms with E-state index < -0.39 is 5.97 Å². The molecule has 0 bridgehead atoms. The van der Waals surface area contributed by atoms with Gasteiger partial charge in [0.25, 0.3) is 0 Å². The Labute approximate surface area is 121 Å². The highest BCUT2D eigenvalue weighted by atomic mass is 16.4. The van der Waals surface area contributed by atoms with Crippen molar-refractivity contribution in [3.8, 4) is 0 Å². The van der Waals surface area contributed by atoms with Gasteiger partial charge in [0.2, 0.25) is 12.4 Å². The molecule has 0 saturated carbocycles. The predicted molar refractivity (Wildman–Crippen MR) is 80.4 cm³/mol. The zero-order valence-electron chi connectivity index (χ0n) is 11.2. The molecule has 4 rings (SSSR count). The van der Waals surface area contributed by atoms with Crippen LogP contribution in [0.4, 0.5) is 5.69 Å². The molecule has 0 amide bonds. The maximum Gasteiger partial charge on any atom is 0.335 e. The number of carboxylic acids is 1. The summed E-state index contributed by atoms with van der Waals surface area (Å²) in [6.07, 6.45) is 4.19. The molecule has 4 nitrogen and oxygen atoms in total. The van der Waals surface area contributed by atoms with E-state index in [0.29, 0.717) is 5.56 Å². The number of hydrogen-bond acceptors (Lipinski definition) is 1. The number of aromatic nitrogens is 1. The first-order chi connectivity index (χ1) is 10.2. The van der Waals surface area contributed by atoms with Gasteiger partial charge in [0.1, 0.15) is 0 Å². The number of hydrogen-bond donors (Lipinski definition) is 1.